The Kier molecular flexibility index (Phi) is 6.62. The molecule has 0 aliphatic rings. The molecule has 0 saturated carbocycles. The van der Waals surface area contributed by atoms with Crippen LogP contribution < -0.4 is 24.0 Å². The number of benzene rings is 2. The van der Waals surface area contributed by atoms with Gasteiger partial charge in [-0.3, -0.25) is 4.79 Å². The minimum Gasteiger partial charge on any atom is -0.545 e. The zero-order chi connectivity index (χ0) is 18.8. The van der Waals surface area contributed by atoms with Gasteiger partial charge in [0.15, 0.2) is 5.78 Å². The topological polar surface area (TPSA) is 57.2 Å². The number of carboxylic acids is 1. The van der Waals surface area contributed by atoms with Crippen molar-refractivity contribution in [3.05, 3.63) is 88.3 Å². The van der Waals surface area contributed by atoms with Crippen LogP contribution in [0, 0.1) is 13.8 Å². The van der Waals surface area contributed by atoms with Crippen molar-refractivity contribution in [2.24, 2.45) is 0 Å². The molecule has 2 aromatic carbocycles. The number of carboxylic acid groups (broad SMARTS) is 1. The summed E-state index contributed by atoms with van der Waals surface area (Å²) in [5, 5.41) is 13.2. The normalized spacial score (nSPS) is 10.1. The molecule has 3 aromatic rings. The number of aromatic carboxylic acids is 1. The largest absolute Gasteiger partial charge is 1.00 e. The minimum atomic E-state index is -1.25. The van der Waals surface area contributed by atoms with Gasteiger partial charge >= 0.3 is 18.9 Å². The molecule has 0 fully saturated rings. The van der Waals surface area contributed by atoms with Crippen LogP contribution in [0.25, 0.3) is 16.0 Å². The van der Waals surface area contributed by atoms with Crippen LogP contribution in [0.5, 0.6) is 0 Å². The van der Waals surface area contributed by atoms with E-state index in [-0.39, 0.29) is 30.2 Å². The monoisotopic (exact) mass is 368 g/mol. The van der Waals surface area contributed by atoms with Crippen LogP contribution >= 0.6 is 11.3 Å². The van der Waals surface area contributed by atoms with Crippen LogP contribution in [-0.2, 0) is 0 Å². The van der Waals surface area contributed by atoms with Gasteiger partial charge < -0.3 is 9.90 Å². The molecule has 3 nitrogen and oxygen atoms in total. The molecule has 27 heavy (non-hydrogen) atoms. The van der Waals surface area contributed by atoms with Crippen LogP contribution in [-0.4, -0.2) is 11.8 Å². The molecule has 0 spiro atoms. The van der Waals surface area contributed by atoms with Crippen molar-refractivity contribution in [1.29, 1.82) is 0 Å². The fraction of sp³-hybridized carbons (Fsp3) is 0.0909. The van der Waals surface area contributed by atoms with Crippen molar-refractivity contribution in [2.75, 3.05) is 0 Å². The van der Waals surface area contributed by atoms with Gasteiger partial charge in [0.05, 0.1) is 5.97 Å². The van der Waals surface area contributed by atoms with E-state index in [1.54, 1.807) is 12.1 Å². The molecule has 0 atom stereocenters. The minimum absolute atomic E-state index is 0. The van der Waals surface area contributed by atoms with E-state index in [2.05, 4.69) is 6.58 Å². The third kappa shape index (κ3) is 4.14. The molecule has 0 aliphatic carbocycles. The van der Waals surface area contributed by atoms with Crippen LogP contribution in [0.1, 0.15) is 37.4 Å². The second kappa shape index (κ2) is 8.54. The van der Waals surface area contributed by atoms with Gasteiger partial charge in [0, 0.05) is 21.6 Å². The Hall–Kier alpha value is -2.38. The van der Waals surface area contributed by atoms with Gasteiger partial charge in [-0.1, -0.05) is 43.0 Å². The van der Waals surface area contributed by atoms with Gasteiger partial charge in [-0.15, -0.1) is 11.3 Å². The van der Waals surface area contributed by atoms with E-state index in [1.807, 2.05) is 49.6 Å². The summed E-state index contributed by atoms with van der Waals surface area (Å²) in [7, 11) is 0. The summed E-state index contributed by atoms with van der Waals surface area (Å²) in [5.74, 6) is -1.40. The SMILES string of the molecule is C=C(C(=O)c1c(C)cccc1C)c1ccc(C(=O)[O-])cc1-c1cccs1.[Li+]. The van der Waals surface area contributed by atoms with Crippen molar-refractivity contribution in [3.63, 3.8) is 0 Å². The van der Waals surface area contributed by atoms with Crippen LogP contribution in [0.15, 0.2) is 60.5 Å². The second-order valence-electron chi connectivity index (χ2n) is 6.10. The third-order valence-electron chi connectivity index (χ3n) is 4.35. The Bertz CT molecular complexity index is 1000. The van der Waals surface area contributed by atoms with Gasteiger partial charge in [-0.05, 0) is 53.6 Å². The van der Waals surface area contributed by atoms with E-state index in [1.165, 1.54) is 17.4 Å². The number of hydrogen-bond acceptors (Lipinski definition) is 4. The summed E-state index contributed by atoms with van der Waals surface area (Å²) >= 11 is 1.48. The van der Waals surface area contributed by atoms with Crippen LogP contribution in [0.2, 0.25) is 0 Å². The first-order valence-corrected chi connectivity index (χ1v) is 8.97. The summed E-state index contributed by atoms with van der Waals surface area (Å²) in [6.07, 6.45) is 0. The maximum absolute atomic E-state index is 13.1. The molecule has 3 rings (SSSR count). The number of aryl methyl sites for hydroxylation is 2. The molecular formula is C22H17LiO3S. The first-order valence-electron chi connectivity index (χ1n) is 8.09. The summed E-state index contributed by atoms with van der Waals surface area (Å²) in [6, 6.07) is 14.1. The smallest absolute Gasteiger partial charge is 0.545 e. The van der Waals surface area contributed by atoms with Gasteiger partial charge in [-0.25, -0.2) is 0 Å². The van der Waals surface area contributed by atoms with Gasteiger partial charge in [0.25, 0.3) is 0 Å². The predicted molar refractivity (Wildman–Crippen MR) is 103 cm³/mol. The van der Waals surface area contributed by atoms with Crippen LogP contribution in [0.4, 0.5) is 0 Å². The Morgan fingerprint density at radius 2 is 1.67 bits per heavy atom. The molecule has 0 unspecified atom stereocenters. The number of rotatable bonds is 5. The Labute approximate surface area is 174 Å². The van der Waals surface area contributed by atoms with E-state index in [4.69, 9.17) is 0 Å². The quantitative estimate of drug-likeness (QED) is 0.388. The number of carbonyl (C=O) groups is 2. The zero-order valence-corrected chi connectivity index (χ0v) is 16.4. The van der Waals surface area contributed by atoms with Crippen molar-refractivity contribution >= 4 is 28.7 Å². The molecule has 5 heteroatoms. The molecule has 1 heterocycles. The summed E-state index contributed by atoms with van der Waals surface area (Å²) in [6.45, 7) is 7.81. The maximum atomic E-state index is 13.1. The zero-order valence-electron chi connectivity index (χ0n) is 15.5. The van der Waals surface area contributed by atoms with Gasteiger partial charge in [-0.2, -0.15) is 0 Å². The summed E-state index contributed by atoms with van der Waals surface area (Å²) in [5.41, 5.74) is 4.13. The number of thiophene rings is 1. The molecule has 0 amide bonds. The van der Waals surface area contributed by atoms with E-state index >= 15 is 0 Å². The number of allylic oxidation sites excluding steroid dienone is 1. The number of ketones is 1. The van der Waals surface area contributed by atoms with Crippen molar-refractivity contribution < 1.29 is 33.6 Å². The standard InChI is InChI=1S/C22H18O3S.Li/c1-13-6-4-7-14(2)20(13)21(23)15(3)17-10-9-16(22(24)25)12-18(17)19-8-5-11-26-19;/h4-12H,3H2,1-2H3,(H,24,25);/q;+1/p-1. The molecule has 130 valence electrons. The van der Waals surface area contributed by atoms with Gasteiger partial charge in [0.1, 0.15) is 0 Å². The van der Waals surface area contributed by atoms with E-state index in [0.29, 0.717) is 22.3 Å². The predicted octanol–water partition coefficient (Wildman–Crippen LogP) is 1.30. The second-order valence-corrected chi connectivity index (χ2v) is 7.05. The van der Waals surface area contributed by atoms with E-state index < -0.39 is 5.97 Å². The fourth-order valence-corrected chi connectivity index (χ4v) is 3.77. The Balaban J connectivity index is 0.00000261. The molecule has 0 bridgehead atoms. The molecule has 0 N–H and O–H groups in total. The molecule has 0 radical (unpaired) electrons. The first kappa shape index (κ1) is 20.9. The summed E-state index contributed by atoms with van der Waals surface area (Å²) in [4.78, 5) is 25.2. The number of carbonyl (C=O) groups excluding carboxylic acids is 2. The van der Waals surface area contributed by atoms with Crippen molar-refractivity contribution in [1.82, 2.24) is 0 Å². The first-order chi connectivity index (χ1) is 12.4. The third-order valence-corrected chi connectivity index (χ3v) is 5.25. The average Bonchev–Trinajstić information content (AvgIpc) is 3.14. The van der Waals surface area contributed by atoms with Crippen LogP contribution in [0.3, 0.4) is 0 Å². The van der Waals surface area contributed by atoms with Crippen molar-refractivity contribution in [2.45, 2.75) is 13.8 Å². The fourth-order valence-electron chi connectivity index (χ4n) is 3.02. The Morgan fingerprint density at radius 3 is 2.22 bits per heavy atom. The summed E-state index contributed by atoms with van der Waals surface area (Å²) < 4.78 is 0. The number of Topliss-reactive ketones (excluding diaryl/α,β-unsaturated/α-hetero) is 1. The van der Waals surface area contributed by atoms with Crippen molar-refractivity contribution in [3.8, 4) is 10.4 Å². The van der Waals surface area contributed by atoms with E-state index in [0.717, 1.165) is 16.0 Å². The average molecular weight is 368 g/mol. The molecule has 0 saturated heterocycles. The molecule has 1 aromatic heterocycles. The van der Waals surface area contributed by atoms with E-state index in [9.17, 15) is 14.7 Å². The number of hydrogen-bond donors (Lipinski definition) is 0. The maximum Gasteiger partial charge on any atom is 1.00 e. The molecule has 0 aliphatic heterocycles. The molecular weight excluding hydrogens is 351 g/mol. The Morgan fingerprint density at radius 1 is 1.00 bits per heavy atom. The van der Waals surface area contributed by atoms with Gasteiger partial charge in [0.2, 0.25) is 0 Å².